The fourth-order valence-corrected chi connectivity index (χ4v) is 11.6. The SMILES string of the molecule is CCOc1ccc(NC(=O)Nc2nnc(C(F)(F)F)s2)c(-c2ccco2)c1.COc1cc(OC)c(NC(=O)Nc2cc(C(F)(F)F)no2)cc1Br.COc1cc(OC)c(NC(=O)Nc2cc(C(F)(F)F)on2)cc1Cl.COc1ccc(NC(=O)Nc2nnc(C(F)(F)F)s2)c(-c2ncco2)c1.COc1ccc(NC(=O)Nc2nnc(C(F)(F)F)s2)c([N+](=O)[O-])c1. The molecule has 10 amide bonds. The highest BCUT2D eigenvalue weighted by atomic mass is 79.9. The predicted octanol–water partition coefficient (Wildman–Crippen LogP) is 20.0. The zero-order valence-corrected chi connectivity index (χ0v) is 68.0. The number of carbonyl (C=O) groups excluding carboxylic acids is 5. The topological polar surface area (TPSA) is 482 Å². The van der Waals surface area contributed by atoms with Gasteiger partial charge in [0.1, 0.15) is 58.0 Å². The van der Waals surface area contributed by atoms with Crippen LogP contribution < -0.4 is 86.3 Å². The molecule has 666 valence electrons. The van der Waals surface area contributed by atoms with Gasteiger partial charge < -0.3 is 77.6 Å². The van der Waals surface area contributed by atoms with Crippen LogP contribution in [0, 0.1) is 10.1 Å². The van der Waals surface area contributed by atoms with Gasteiger partial charge >= 0.3 is 61.0 Å². The molecule has 0 aliphatic carbocycles. The molecule has 12 rings (SSSR count). The first-order valence-electron chi connectivity index (χ1n) is 33.2. The number of furan rings is 1. The maximum Gasteiger partial charge on any atom is 0.452 e. The minimum Gasteiger partial charge on any atom is -0.497 e. The second-order valence-corrected chi connectivity index (χ2v) is 26.8. The van der Waals surface area contributed by atoms with E-state index < -0.39 is 115 Å². The average Bonchev–Trinajstić information content (AvgIpc) is 1.25. The quantitative estimate of drug-likeness (QED) is 0.0181. The molecule has 5 aromatic carbocycles. The van der Waals surface area contributed by atoms with E-state index in [4.69, 9.17) is 53.6 Å². The predicted molar refractivity (Wildman–Crippen MR) is 416 cm³/mol. The lowest BCUT2D eigenvalue weighted by atomic mass is 10.1. The molecular weight excluding hydrogens is 1870 g/mol. The number of amides is 10. The summed E-state index contributed by atoms with van der Waals surface area (Å²) < 4.78 is 242. The van der Waals surface area contributed by atoms with Crippen LogP contribution in [0.2, 0.25) is 5.02 Å². The number of oxazole rings is 1. The highest BCUT2D eigenvalue weighted by Gasteiger charge is 2.40. The van der Waals surface area contributed by atoms with Crippen molar-refractivity contribution in [1.82, 2.24) is 45.9 Å². The molecule has 58 heteroatoms. The molecule has 0 saturated heterocycles. The van der Waals surface area contributed by atoms with E-state index in [1.165, 1.54) is 97.8 Å². The molecule has 7 heterocycles. The van der Waals surface area contributed by atoms with Crippen LogP contribution in [0.1, 0.15) is 33.4 Å². The standard InChI is InChI=1S/C16H13F3N4O3S.C14H10F3N5O3S.C13H11BrF3N3O4.C13H11ClF3N3O4.C11H8F3N5O4S/c1-2-25-9-5-6-11(10(8-9)12-4-3-7-26-12)20-14(24)21-15-23-22-13(27-15)16(17,18)19;1-24-7-2-3-9(8(6-7)10-18-4-5-25-10)19-12(23)20-13-22-21-11(26-13)14(15,16)17;1-22-8-4-9(23-2)7(3-6(8)14)18-12(21)19-11-5-10(20-24-11)13(15,16)17;1-22-8-4-9(23-2)7(3-6(8)14)18-12(21)19-11-5-10(24-20-11)13(15,16)17;1-23-5-2-3-6(7(4-5)19(21)22)15-9(20)16-10-18-17-8(24-10)11(12,13)14/h3-8H,2H2,1H3,(H2,20,21,23,24);2-6H,1H3,(H2,19,20,22,23);3-5H,1-2H3,(H2,18,19,21);3-5H,1-2H3,(H2,18,19,20,21);2-4H,1H3,(H2,15,16,18,20). The van der Waals surface area contributed by atoms with Gasteiger partial charge in [-0.3, -0.25) is 36.7 Å². The number of rotatable bonds is 21. The largest absolute Gasteiger partial charge is 0.497 e. The number of nitro benzene ring substituents is 1. The average molecular weight is 1920 g/mol. The summed E-state index contributed by atoms with van der Waals surface area (Å²) in [7, 11) is 8.40. The maximum atomic E-state index is 12.6. The molecule has 38 nitrogen and oxygen atoms in total. The van der Waals surface area contributed by atoms with Gasteiger partial charge in [0.2, 0.25) is 48.0 Å². The Morgan fingerprint density at radius 2 is 0.928 bits per heavy atom. The number of ether oxygens (including phenoxy) is 7. The number of urea groups is 5. The third-order valence-corrected chi connectivity index (χ3v) is 17.9. The van der Waals surface area contributed by atoms with Crippen LogP contribution in [0.5, 0.6) is 40.2 Å². The van der Waals surface area contributed by atoms with E-state index in [0.29, 0.717) is 80.2 Å². The van der Waals surface area contributed by atoms with Crippen LogP contribution >= 0.6 is 61.5 Å². The number of benzene rings is 5. The molecule has 0 saturated carbocycles. The van der Waals surface area contributed by atoms with E-state index in [-0.39, 0.29) is 83.7 Å². The minimum atomic E-state index is -4.70. The summed E-state index contributed by atoms with van der Waals surface area (Å²) in [5, 5.41) is 53.9. The molecule has 125 heavy (non-hydrogen) atoms. The van der Waals surface area contributed by atoms with Crippen molar-refractivity contribution in [2.75, 3.05) is 102 Å². The molecule has 0 unspecified atom stereocenters. The summed E-state index contributed by atoms with van der Waals surface area (Å²) in [5.74, 6) is 1.14. The third kappa shape index (κ3) is 28.2. The number of hydrogen-bond acceptors (Lipinski definition) is 30. The van der Waals surface area contributed by atoms with Crippen molar-refractivity contribution in [3.63, 3.8) is 0 Å². The van der Waals surface area contributed by atoms with E-state index in [9.17, 15) is 99.9 Å². The highest BCUT2D eigenvalue weighted by molar-refractivity contribution is 9.10. The van der Waals surface area contributed by atoms with Gasteiger partial charge in [-0.15, -0.1) is 30.6 Å². The van der Waals surface area contributed by atoms with Crippen LogP contribution in [-0.4, -0.2) is 130 Å². The number of aromatic nitrogens is 9. The summed E-state index contributed by atoms with van der Waals surface area (Å²) in [5.41, 5.74) is 0.252. The van der Waals surface area contributed by atoms with Crippen molar-refractivity contribution >= 4 is 153 Å². The number of nitro groups is 1. The van der Waals surface area contributed by atoms with Crippen molar-refractivity contribution in [3.8, 4) is 63.0 Å². The zero-order chi connectivity index (χ0) is 91.9. The summed E-state index contributed by atoms with van der Waals surface area (Å²) >= 11 is 9.77. The van der Waals surface area contributed by atoms with Gasteiger partial charge in [0.05, 0.1) is 111 Å². The van der Waals surface area contributed by atoms with Gasteiger partial charge in [0, 0.05) is 29.8 Å². The minimum absolute atomic E-state index is 0.122. The second kappa shape index (κ2) is 42.5. The van der Waals surface area contributed by atoms with Crippen LogP contribution in [-0.2, 0) is 30.9 Å². The lowest BCUT2D eigenvalue weighted by Gasteiger charge is -2.13. The Labute approximate surface area is 712 Å². The summed E-state index contributed by atoms with van der Waals surface area (Å²) in [6.07, 6.45) is -19.0. The van der Waals surface area contributed by atoms with E-state index in [1.807, 2.05) is 12.2 Å². The summed E-state index contributed by atoms with van der Waals surface area (Å²) in [6.45, 7) is 2.30. The summed E-state index contributed by atoms with van der Waals surface area (Å²) in [6, 6.07) is 19.4. The van der Waals surface area contributed by atoms with Gasteiger partial charge in [-0.05, 0) is 95.7 Å². The highest BCUT2D eigenvalue weighted by Crippen LogP contribution is 2.42. The van der Waals surface area contributed by atoms with Crippen LogP contribution in [0.15, 0.2) is 144 Å². The number of alkyl halides is 15. The summed E-state index contributed by atoms with van der Waals surface area (Å²) in [4.78, 5) is 73.9. The number of methoxy groups -OCH3 is 6. The van der Waals surface area contributed by atoms with Crippen LogP contribution in [0.4, 0.5) is 151 Å². The first kappa shape index (κ1) is 96.2. The molecule has 0 fully saturated rings. The number of hydrogen-bond donors (Lipinski definition) is 10. The molecule has 0 aliphatic heterocycles. The first-order valence-corrected chi connectivity index (χ1v) is 36.8. The Morgan fingerprint density at radius 3 is 1.37 bits per heavy atom. The van der Waals surface area contributed by atoms with E-state index in [1.54, 1.807) is 48.5 Å². The van der Waals surface area contributed by atoms with Crippen molar-refractivity contribution in [1.29, 1.82) is 0 Å². The fraction of sp³-hybridized carbons (Fsp3) is 0.194. The van der Waals surface area contributed by atoms with Crippen molar-refractivity contribution in [2.45, 2.75) is 37.8 Å². The number of anilines is 10. The molecule has 10 N–H and O–H groups in total. The second-order valence-electron chi connectivity index (χ2n) is 22.7. The Bertz CT molecular complexity index is 5580. The zero-order valence-electron chi connectivity index (χ0n) is 63.2. The maximum absolute atomic E-state index is 12.6. The van der Waals surface area contributed by atoms with E-state index in [0.717, 1.165) is 6.07 Å². The molecule has 0 radical (unpaired) electrons. The molecule has 0 spiro atoms. The lowest BCUT2D eigenvalue weighted by molar-refractivity contribution is -0.384. The van der Waals surface area contributed by atoms with E-state index >= 15 is 0 Å². The Hall–Kier alpha value is -14.2. The normalized spacial score (nSPS) is 11.1. The van der Waals surface area contributed by atoms with Crippen LogP contribution in [0.25, 0.3) is 22.8 Å². The Balaban J connectivity index is 0.000000194. The van der Waals surface area contributed by atoms with Crippen molar-refractivity contribution in [3.05, 3.63) is 168 Å². The molecule has 0 aliphatic rings. The number of nitrogens with one attached hydrogen (secondary N) is 10. The van der Waals surface area contributed by atoms with Gasteiger partial charge in [-0.1, -0.05) is 55.9 Å². The van der Waals surface area contributed by atoms with Gasteiger partial charge in [-0.25, -0.2) is 29.0 Å². The third-order valence-electron chi connectivity index (χ3n) is 14.3. The molecule has 0 atom stereocenters. The molecule has 7 aromatic heterocycles. The number of halogens is 17. The molecular formula is C67H53BrClF15N20O18S3. The van der Waals surface area contributed by atoms with Gasteiger partial charge in [0.15, 0.2) is 11.5 Å². The Kier molecular flexibility index (Phi) is 32.7. The van der Waals surface area contributed by atoms with Gasteiger partial charge in [0.25, 0.3) is 5.69 Å². The smallest absolute Gasteiger partial charge is 0.452 e. The van der Waals surface area contributed by atoms with Crippen molar-refractivity contribution < 1.29 is 146 Å². The Morgan fingerprint density at radius 1 is 0.464 bits per heavy atom. The monoisotopic (exact) mass is 1920 g/mol. The van der Waals surface area contributed by atoms with Crippen molar-refractivity contribution in [2.24, 2.45) is 0 Å². The number of nitrogens with zero attached hydrogens (tertiary/aromatic N) is 10. The lowest BCUT2D eigenvalue weighted by Crippen LogP contribution is -2.20. The van der Waals surface area contributed by atoms with Gasteiger partial charge in [-0.2, -0.15) is 65.9 Å². The fourth-order valence-electron chi connectivity index (χ4n) is 9.02. The first-order chi connectivity index (χ1) is 58.9. The van der Waals surface area contributed by atoms with E-state index in [2.05, 4.69) is 119 Å². The van der Waals surface area contributed by atoms with Crippen LogP contribution in [0.3, 0.4) is 0 Å². The number of carbonyl (C=O) groups is 5. The molecule has 0 bridgehead atoms. The molecule has 12 aromatic rings.